The van der Waals surface area contributed by atoms with Crippen molar-refractivity contribution in [3.63, 3.8) is 0 Å². The summed E-state index contributed by atoms with van der Waals surface area (Å²) in [6.07, 6.45) is 64.9. The first-order valence-corrected chi connectivity index (χ1v) is 35.7. The summed E-state index contributed by atoms with van der Waals surface area (Å²) in [5.41, 5.74) is -3.47. The van der Waals surface area contributed by atoms with Crippen LogP contribution in [-0.2, 0) is 28.6 Å². The fourth-order valence-corrected chi connectivity index (χ4v) is 11.6. The molecule has 0 aliphatic rings. The molecule has 0 aliphatic heterocycles. The Hall–Kier alpha value is -2.81. The van der Waals surface area contributed by atoms with Gasteiger partial charge in [-0.15, -0.1) is 0 Å². The number of aliphatic hydroxyl groups is 1. The first kappa shape index (κ1) is 77.2. The molecule has 0 amide bonds. The molecular formula is C73H131FO8. The number of ether oxygens (including phenoxy) is 3. The van der Waals surface area contributed by atoms with E-state index in [0.29, 0.717) is 19.3 Å². The lowest BCUT2D eigenvalue weighted by Crippen LogP contribution is -2.55. The molecule has 1 aromatic rings. The maximum Gasteiger partial charge on any atom is 0.340 e. The minimum atomic E-state index is -2.98. The number of halogens is 1. The number of benzene rings is 1. The zero-order valence-corrected chi connectivity index (χ0v) is 54.1. The molecule has 0 aromatic heterocycles. The third kappa shape index (κ3) is 44.6. The van der Waals surface area contributed by atoms with Gasteiger partial charge in [0.2, 0.25) is 0 Å². The number of hydrogen-bond acceptors (Lipinski definition) is 8. The molecule has 1 rings (SSSR count). The lowest BCUT2D eigenvalue weighted by atomic mass is 9.79. The van der Waals surface area contributed by atoms with Crippen LogP contribution in [0.2, 0.25) is 0 Å². The largest absolute Gasteiger partial charge is 0.466 e. The molecule has 9 heteroatoms. The monoisotopic (exact) mass is 1150 g/mol. The van der Waals surface area contributed by atoms with Crippen molar-refractivity contribution in [1.29, 1.82) is 0 Å². The Morgan fingerprint density at radius 1 is 0.366 bits per heavy atom. The zero-order valence-electron chi connectivity index (χ0n) is 54.1. The van der Waals surface area contributed by atoms with Gasteiger partial charge in [0, 0.05) is 0 Å². The Bertz CT molecular complexity index is 1600. The predicted octanol–water partition coefficient (Wildman–Crippen LogP) is 22.5. The molecular weight excluding hydrogens is 1020 g/mol. The maximum atomic E-state index is 15.3. The Kier molecular flexibility index (Phi) is 55.1. The number of hydrogen-bond donors (Lipinski definition) is 1. The summed E-state index contributed by atoms with van der Waals surface area (Å²) < 4.78 is 32.1. The molecule has 0 spiro atoms. The van der Waals surface area contributed by atoms with E-state index in [1.165, 1.54) is 275 Å². The van der Waals surface area contributed by atoms with Crippen molar-refractivity contribution in [1.82, 2.24) is 0 Å². The van der Waals surface area contributed by atoms with E-state index in [2.05, 4.69) is 20.8 Å². The van der Waals surface area contributed by atoms with E-state index in [9.17, 15) is 24.3 Å². The minimum absolute atomic E-state index is 0.0487. The molecule has 0 fully saturated rings. The molecule has 478 valence electrons. The predicted molar refractivity (Wildman–Crippen MR) is 343 cm³/mol. The number of carbonyl (C=O) groups is 4. The maximum absolute atomic E-state index is 15.3. The van der Waals surface area contributed by atoms with Crippen molar-refractivity contribution in [3.05, 3.63) is 35.6 Å². The van der Waals surface area contributed by atoms with Gasteiger partial charge in [-0.1, -0.05) is 360 Å². The molecule has 1 N–H and O–H groups in total. The second-order valence-electron chi connectivity index (χ2n) is 24.9. The minimum Gasteiger partial charge on any atom is -0.466 e. The SMILES string of the molecule is CCCCCCCCCCCCCCCCCCCCOC(=O)CC(O)(C(=O)OCCCCCCCCCCCCCCCCCCCC)C(C(=O)OCCCCCCCCCCCCCCCCCCCC)C(=O)c1ccccc1F. The topological polar surface area (TPSA) is 116 Å². The lowest BCUT2D eigenvalue weighted by molar-refractivity contribution is -0.183. The van der Waals surface area contributed by atoms with E-state index in [0.717, 1.165) is 76.7 Å². The standard InChI is InChI=1S/C73H131FO8/c1-4-7-10-13-16-19-22-25-28-31-34-37-40-43-46-49-52-57-62-80-68(75)65-73(79,72(78)82-64-59-54-51-48-45-42-39-36-33-30-27-24-21-18-15-12-9-6-3)69(70(76)66-60-55-56-61-67(66)74)71(77)81-63-58-53-50-47-44-41-38-35-32-29-26-23-20-17-14-11-8-5-2/h55-56,60-61,69,79H,4-54,57-59,62-65H2,1-3H3. The summed E-state index contributed by atoms with van der Waals surface area (Å²) >= 11 is 0. The highest BCUT2D eigenvalue weighted by Crippen LogP contribution is 2.31. The average molecular weight is 1160 g/mol. The van der Waals surface area contributed by atoms with Crippen LogP contribution in [0.5, 0.6) is 0 Å². The van der Waals surface area contributed by atoms with Gasteiger partial charge >= 0.3 is 17.9 Å². The highest BCUT2D eigenvalue weighted by molar-refractivity contribution is 6.13. The van der Waals surface area contributed by atoms with Crippen molar-refractivity contribution in [2.75, 3.05) is 19.8 Å². The summed E-state index contributed by atoms with van der Waals surface area (Å²) in [6, 6.07) is 5.14. The Morgan fingerprint density at radius 3 is 0.890 bits per heavy atom. The van der Waals surface area contributed by atoms with Crippen molar-refractivity contribution in [2.45, 2.75) is 380 Å². The Balaban J connectivity index is 2.71. The van der Waals surface area contributed by atoms with Crippen molar-refractivity contribution in [2.24, 2.45) is 5.92 Å². The summed E-state index contributed by atoms with van der Waals surface area (Å²) in [5.74, 6) is -7.73. The van der Waals surface area contributed by atoms with Crippen LogP contribution in [-0.4, -0.2) is 54.2 Å². The van der Waals surface area contributed by atoms with Gasteiger partial charge < -0.3 is 19.3 Å². The highest BCUT2D eigenvalue weighted by Gasteiger charge is 2.56. The summed E-state index contributed by atoms with van der Waals surface area (Å²) in [5, 5.41) is 12.4. The van der Waals surface area contributed by atoms with Crippen LogP contribution in [0.3, 0.4) is 0 Å². The van der Waals surface area contributed by atoms with E-state index in [4.69, 9.17) is 14.2 Å². The van der Waals surface area contributed by atoms with Crippen molar-refractivity contribution >= 4 is 23.7 Å². The van der Waals surface area contributed by atoms with Crippen molar-refractivity contribution in [3.8, 4) is 0 Å². The van der Waals surface area contributed by atoms with Crippen LogP contribution in [0.4, 0.5) is 4.39 Å². The second kappa shape index (κ2) is 58.6. The van der Waals surface area contributed by atoms with Crippen LogP contribution in [0.15, 0.2) is 24.3 Å². The van der Waals surface area contributed by atoms with E-state index in [-0.39, 0.29) is 19.8 Å². The third-order valence-electron chi connectivity index (χ3n) is 17.1. The molecule has 2 atom stereocenters. The number of rotatable bonds is 64. The zero-order chi connectivity index (χ0) is 59.5. The highest BCUT2D eigenvalue weighted by atomic mass is 19.1. The van der Waals surface area contributed by atoms with E-state index >= 15 is 4.39 Å². The van der Waals surface area contributed by atoms with Crippen LogP contribution in [0.1, 0.15) is 384 Å². The molecule has 0 bridgehead atoms. The fraction of sp³-hybridized carbons (Fsp3) is 0.863. The van der Waals surface area contributed by atoms with Gasteiger partial charge in [0.25, 0.3) is 0 Å². The van der Waals surface area contributed by atoms with E-state index < -0.39 is 53.0 Å². The van der Waals surface area contributed by atoms with Crippen molar-refractivity contribution < 1.29 is 42.9 Å². The summed E-state index contributed by atoms with van der Waals surface area (Å²) in [6.45, 7) is 6.75. The van der Waals surface area contributed by atoms with E-state index in [1.807, 2.05) is 0 Å². The Morgan fingerprint density at radius 2 is 0.610 bits per heavy atom. The Labute approximate surface area is 505 Å². The smallest absolute Gasteiger partial charge is 0.340 e. The van der Waals surface area contributed by atoms with Gasteiger partial charge in [-0.3, -0.25) is 14.4 Å². The quantitative estimate of drug-likeness (QED) is 0.0225. The van der Waals surface area contributed by atoms with Gasteiger partial charge in [-0.25, -0.2) is 9.18 Å². The van der Waals surface area contributed by atoms with E-state index in [1.54, 1.807) is 0 Å². The number of carbonyl (C=O) groups excluding carboxylic acids is 4. The molecule has 1 aromatic carbocycles. The molecule has 8 nitrogen and oxygen atoms in total. The normalized spacial score (nSPS) is 12.6. The van der Waals surface area contributed by atoms with Gasteiger partial charge in [-0.05, 0) is 31.4 Å². The van der Waals surface area contributed by atoms with Gasteiger partial charge in [0.15, 0.2) is 17.3 Å². The molecule has 82 heavy (non-hydrogen) atoms. The van der Waals surface area contributed by atoms with Crippen LogP contribution in [0.25, 0.3) is 0 Å². The molecule has 0 heterocycles. The summed E-state index contributed by atoms with van der Waals surface area (Å²) in [4.78, 5) is 56.0. The number of esters is 3. The average Bonchev–Trinajstić information content (AvgIpc) is 3.63. The second-order valence-corrected chi connectivity index (χ2v) is 24.9. The lowest BCUT2D eigenvalue weighted by Gasteiger charge is -2.31. The molecule has 0 saturated carbocycles. The number of ketones is 1. The molecule has 2 unspecified atom stereocenters. The molecule has 0 saturated heterocycles. The molecule has 0 radical (unpaired) electrons. The van der Waals surface area contributed by atoms with Crippen LogP contribution < -0.4 is 0 Å². The third-order valence-corrected chi connectivity index (χ3v) is 17.1. The fourth-order valence-electron chi connectivity index (χ4n) is 11.6. The van der Waals surface area contributed by atoms with Gasteiger partial charge in [0.1, 0.15) is 5.82 Å². The van der Waals surface area contributed by atoms with Crippen LogP contribution >= 0.6 is 0 Å². The summed E-state index contributed by atoms with van der Waals surface area (Å²) in [7, 11) is 0. The first-order chi connectivity index (χ1) is 40.2. The number of unbranched alkanes of at least 4 members (excludes halogenated alkanes) is 51. The molecule has 0 aliphatic carbocycles. The van der Waals surface area contributed by atoms with Crippen LogP contribution in [0, 0.1) is 11.7 Å². The number of Topliss-reactive ketones (excluding diaryl/α,β-unsaturated/α-hetero) is 1. The van der Waals surface area contributed by atoms with Gasteiger partial charge in [0.05, 0.1) is 31.8 Å². The first-order valence-electron chi connectivity index (χ1n) is 35.7. The van der Waals surface area contributed by atoms with Gasteiger partial charge in [-0.2, -0.15) is 0 Å².